The van der Waals surface area contributed by atoms with Gasteiger partial charge in [0, 0.05) is 12.3 Å². The number of aliphatic hydroxyl groups is 2. The minimum absolute atomic E-state index is 0.0420. The maximum Gasteiger partial charge on any atom is 0.142 e. The molecular weight excluding hydrogens is 304 g/mol. The smallest absolute Gasteiger partial charge is 0.142 e. The largest absolute Gasteiger partial charge is 0.488 e. The zero-order valence-electron chi connectivity index (χ0n) is 15.5. The summed E-state index contributed by atoms with van der Waals surface area (Å²) in [5.74, 6) is 0.0836. The van der Waals surface area contributed by atoms with Crippen molar-refractivity contribution in [2.45, 2.75) is 77.6 Å². The Bertz CT molecular complexity index is 634. The number of rotatable bonds is 1. The van der Waals surface area contributed by atoms with Gasteiger partial charge in [0.1, 0.15) is 23.2 Å². The second-order valence-electron chi connectivity index (χ2n) is 8.96. The first kappa shape index (κ1) is 17.7. The molecule has 4 heteroatoms. The fourth-order valence-corrected chi connectivity index (χ4v) is 5.69. The maximum absolute atomic E-state index is 13.1. The van der Waals surface area contributed by atoms with Crippen molar-refractivity contribution in [3.05, 3.63) is 24.0 Å². The lowest BCUT2D eigenvalue weighted by atomic mass is 9.42. The number of fused-ring (bicyclic) bond motifs is 3. The Labute approximate surface area is 144 Å². The number of carbonyl (C=O) groups is 1. The van der Waals surface area contributed by atoms with E-state index in [9.17, 15) is 15.0 Å². The molecule has 0 spiro atoms. The van der Waals surface area contributed by atoms with Gasteiger partial charge in [0.05, 0.1) is 11.0 Å². The van der Waals surface area contributed by atoms with Crippen LogP contribution in [0.15, 0.2) is 24.0 Å². The van der Waals surface area contributed by atoms with E-state index in [-0.39, 0.29) is 11.2 Å². The molecule has 2 aliphatic carbocycles. The fourth-order valence-electron chi connectivity index (χ4n) is 5.69. The summed E-state index contributed by atoms with van der Waals surface area (Å²) in [5, 5.41) is 22.7. The molecule has 5 atom stereocenters. The van der Waals surface area contributed by atoms with Crippen LogP contribution in [0.3, 0.4) is 0 Å². The molecule has 0 bridgehead atoms. The van der Waals surface area contributed by atoms with Crippen LogP contribution in [0.5, 0.6) is 0 Å². The van der Waals surface area contributed by atoms with Crippen LogP contribution in [-0.2, 0) is 9.53 Å². The van der Waals surface area contributed by atoms with Crippen LogP contribution in [0, 0.1) is 16.7 Å². The fraction of sp³-hybridized carbons (Fsp3) is 0.750. The van der Waals surface area contributed by atoms with Crippen molar-refractivity contribution >= 4 is 5.78 Å². The Balaban J connectivity index is 2.21. The van der Waals surface area contributed by atoms with Gasteiger partial charge < -0.3 is 14.9 Å². The molecule has 3 aliphatic rings. The molecule has 5 unspecified atom stereocenters. The third-order valence-corrected chi connectivity index (χ3v) is 7.42. The summed E-state index contributed by atoms with van der Waals surface area (Å²) in [6, 6.07) is 0. The van der Waals surface area contributed by atoms with Gasteiger partial charge in [-0.3, -0.25) is 4.79 Å². The average Bonchev–Trinajstić information content (AvgIpc) is 2.79. The Morgan fingerprint density at radius 1 is 1.25 bits per heavy atom. The molecule has 4 nitrogen and oxygen atoms in total. The normalized spacial score (nSPS) is 49.0. The van der Waals surface area contributed by atoms with Gasteiger partial charge in [0.15, 0.2) is 0 Å². The Kier molecular flexibility index (Phi) is 3.65. The SMILES string of the molecule is C=CC(C)=C1OC2(C)CCC3(O)C(C)(C)CCC(=O)C3(C)C2C1O. The first-order chi connectivity index (χ1) is 10.9. The van der Waals surface area contributed by atoms with E-state index in [1.54, 1.807) is 6.08 Å². The summed E-state index contributed by atoms with van der Waals surface area (Å²) in [7, 11) is 0. The molecule has 2 saturated carbocycles. The van der Waals surface area contributed by atoms with Gasteiger partial charge in [-0.15, -0.1) is 0 Å². The van der Waals surface area contributed by atoms with E-state index in [4.69, 9.17) is 4.74 Å². The van der Waals surface area contributed by atoms with Crippen molar-refractivity contribution in [1.29, 1.82) is 0 Å². The number of allylic oxidation sites excluding steroid dienone is 2. The first-order valence-electron chi connectivity index (χ1n) is 8.90. The van der Waals surface area contributed by atoms with E-state index in [1.807, 2.05) is 34.6 Å². The van der Waals surface area contributed by atoms with Crippen LogP contribution < -0.4 is 0 Å². The van der Waals surface area contributed by atoms with Crippen molar-refractivity contribution in [3.8, 4) is 0 Å². The van der Waals surface area contributed by atoms with Crippen LogP contribution in [0.25, 0.3) is 0 Å². The van der Waals surface area contributed by atoms with Crippen molar-refractivity contribution in [1.82, 2.24) is 0 Å². The average molecular weight is 334 g/mol. The standard InChI is InChI=1S/C20H30O4/c1-7-12(2)15-14(22)16-18(5,24-15)10-11-20(23)17(3,4)9-8-13(21)19(16,20)6/h7,14,16,22-23H,1,8-11H2,2-6H3. The van der Waals surface area contributed by atoms with Gasteiger partial charge in [0.2, 0.25) is 0 Å². The van der Waals surface area contributed by atoms with E-state index in [0.29, 0.717) is 31.4 Å². The lowest BCUT2D eigenvalue weighted by Crippen LogP contribution is -2.72. The van der Waals surface area contributed by atoms with Gasteiger partial charge >= 0.3 is 0 Å². The molecule has 0 radical (unpaired) electrons. The molecule has 1 heterocycles. The lowest BCUT2D eigenvalue weighted by Gasteiger charge is -2.63. The van der Waals surface area contributed by atoms with E-state index >= 15 is 0 Å². The highest BCUT2D eigenvalue weighted by molar-refractivity contribution is 5.88. The summed E-state index contributed by atoms with van der Waals surface area (Å²) in [4.78, 5) is 13.1. The second-order valence-corrected chi connectivity index (χ2v) is 8.96. The van der Waals surface area contributed by atoms with E-state index < -0.39 is 28.6 Å². The quantitative estimate of drug-likeness (QED) is 0.773. The van der Waals surface area contributed by atoms with E-state index in [2.05, 4.69) is 6.58 Å². The molecule has 1 aliphatic heterocycles. The molecule has 0 aromatic heterocycles. The first-order valence-corrected chi connectivity index (χ1v) is 8.90. The molecule has 24 heavy (non-hydrogen) atoms. The zero-order chi connectivity index (χ0) is 18.1. The molecule has 2 N–H and O–H groups in total. The number of aliphatic hydroxyl groups excluding tert-OH is 1. The van der Waals surface area contributed by atoms with Crippen LogP contribution in [0.1, 0.15) is 60.3 Å². The van der Waals surface area contributed by atoms with Crippen molar-refractivity contribution in [2.75, 3.05) is 0 Å². The molecule has 3 rings (SSSR count). The molecule has 0 aromatic carbocycles. The number of ether oxygens (including phenoxy) is 1. The summed E-state index contributed by atoms with van der Waals surface area (Å²) < 4.78 is 6.19. The van der Waals surface area contributed by atoms with Crippen LogP contribution in [-0.4, -0.2) is 33.3 Å². The highest BCUT2D eigenvalue weighted by Crippen LogP contribution is 2.66. The lowest BCUT2D eigenvalue weighted by molar-refractivity contribution is -0.247. The Hall–Kier alpha value is -1.13. The number of hydrogen-bond donors (Lipinski definition) is 2. The highest BCUT2D eigenvalue weighted by Gasteiger charge is 2.74. The third-order valence-electron chi connectivity index (χ3n) is 7.42. The van der Waals surface area contributed by atoms with Crippen LogP contribution in [0.2, 0.25) is 0 Å². The molecule has 0 amide bonds. The van der Waals surface area contributed by atoms with Gasteiger partial charge in [0.25, 0.3) is 0 Å². The van der Waals surface area contributed by atoms with Crippen molar-refractivity contribution in [3.63, 3.8) is 0 Å². The number of hydrogen-bond acceptors (Lipinski definition) is 4. The highest BCUT2D eigenvalue weighted by atomic mass is 16.5. The number of Topliss-reactive ketones (excluding diaryl/α,β-unsaturated/α-hetero) is 1. The summed E-state index contributed by atoms with van der Waals surface area (Å²) in [6.45, 7) is 13.5. The van der Waals surface area contributed by atoms with Gasteiger partial charge in [-0.2, -0.15) is 0 Å². The molecule has 1 saturated heterocycles. The third kappa shape index (κ3) is 1.84. The maximum atomic E-state index is 13.1. The van der Waals surface area contributed by atoms with Crippen LogP contribution in [0.4, 0.5) is 0 Å². The number of ketones is 1. The van der Waals surface area contributed by atoms with Gasteiger partial charge in [-0.1, -0.05) is 26.5 Å². The minimum atomic E-state index is -1.14. The zero-order valence-corrected chi connectivity index (χ0v) is 15.5. The summed E-state index contributed by atoms with van der Waals surface area (Å²) in [6.07, 6.45) is 2.99. The topological polar surface area (TPSA) is 66.8 Å². The predicted octanol–water partition coefficient (Wildman–Crippen LogP) is 3.13. The van der Waals surface area contributed by atoms with Gasteiger partial charge in [-0.25, -0.2) is 0 Å². The second kappa shape index (κ2) is 4.95. The van der Waals surface area contributed by atoms with Crippen molar-refractivity contribution in [2.24, 2.45) is 16.7 Å². The molecule has 3 fully saturated rings. The Morgan fingerprint density at radius 2 is 1.88 bits per heavy atom. The summed E-state index contributed by atoms with van der Waals surface area (Å²) in [5.41, 5.74) is -2.40. The number of carbonyl (C=O) groups excluding carboxylic acids is 1. The monoisotopic (exact) mass is 334 g/mol. The van der Waals surface area contributed by atoms with E-state index in [0.717, 1.165) is 5.57 Å². The van der Waals surface area contributed by atoms with E-state index in [1.165, 1.54) is 0 Å². The molecule has 0 aromatic rings. The van der Waals surface area contributed by atoms with Gasteiger partial charge in [-0.05, 0) is 51.0 Å². The minimum Gasteiger partial charge on any atom is -0.488 e. The summed E-state index contributed by atoms with van der Waals surface area (Å²) >= 11 is 0. The van der Waals surface area contributed by atoms with Crippen LogP contribution >= 0.6 is 0 Å². The molecular formula is C20H30O4. The predicted molar refractivity (Wildman–Crippen MR) is 92.2 cm³/mol. The Morgan fingerprint density at radius 3 is 2.46 bits per heavy atom. The molecule has 134 valence electrons. The van der Waals surface area contributed by atoms with Crippen molar-refractivity contribution < 1.29 is 19.7 Å².